The minimum Gasteiger partial charge on any atom is -0.379 e. The highest BCUT2D eigenvalue weighted by molar-refractivity contribution is 5.96. The van der Waals surface area contributed by atoms with Gasteiger partial charge < -0.3 is 19.9 Å². The summed E-state index contributed by atoms with van der Waals surface area (Å²) >= 11 is 0. The molecule has 0 aromatic heterocycles. The lowest BCUT2D eigenvalue weighted by molar-refractivity contribution is -0.130. The summed E-state index contributed by atoms with van der Waals surface area (Å²) in [5.41, 5.74) is 0.560. The average Bonchev–Trinajstić information content (AvgIpc) is 2.78. The van der Waals surface area contributed by atoms with E-state index in [9.17, 15) is 9.59 Å². The molecule has 23 heavy (non-hydrogen) atoms. The van der Waals surface area contributed by atoms with Gasteiger partial charge in [-0.05, 0) is 26.2 Å². The van der Waals surface area contributed by atoms with E-state index < -0.39 is 0 Å². The van der Waals surface area contributed by atoms with Gasteiger partial charge in [-0.1, -0.05) is 18.2 Å². The molecule has 0 aliphatic carbocycles. The van der Waals surface area contributed by atoms with E-state index in [2.05, 4.69) is 10.2 Å². The highest BCUT2D eigenvalue weighted by atomic mass is 16.5. The lowest BCUT2D eigenvalue weighted by atomic mass is 10.1. The summed E-state index contributed by atoms with van der Waals surface area (Å²) in [4.78, 5) is 28.2. The summed E-state index contributed by atoms with van der Waals surface area (Å²) in [5.74, 6) is -0.000300. The van der Waals surface area contributed by atoms with Crippen LogP contribution in [0.5, 0.6) is 0 Å². The van der Waals surface area contributed by atoms with E-state index in [1.54, 1.807) is 29.2 Å². The first kappa shape index (κ1) is 17.4. The van der Waals surface area contributed by atoms with Gasteiger partial charge in [0.25, 0.3) is 5.91 Å². The van der Waals surface area contributed by atoms with E-state index in [0.29, 0.717) is 37.8 Å². The van der Waals surface area contributed by atoms with Crippen molar-refractivity contribution in [3.8, 4) is 0 Å². The average molecular weight is 319 g/mol. The van der Waals surface area contributed by atoms with Crippen molar-refractivity contribution in [3.63, 3.8) is 0 Å². The number of amides is 2. The van der Waals surface area contributed by atoms with Gasteiger partial charge in [-0.15, -0.1) is 0 Å². The van der Waals surface area contributed by atoms with Crippen molar-refractivity contribution < 1.29 is 14.3 Å². The van der Waals surface area contributed by atoms with Crippen molar-refractivity contribution in [1.82, 2.24) is 15.1 Å². The molecule has 1 atom stereocenters. The number of hydrogen-bond donors (Lipinski definition) is 1. The fourth-order valence-corrected chi connectivity index (χ4v) is 2.69. The van der Waals surface area contributed by atoms with Crippen LogP contribution in [-0.2, 0) is 9.53 Å². The molecule has 1 aromatic rings. The van der Waals surface area contributed by atoms with Crippen LogP contribution in [0, 0.1) is 5.92 Å². The second-order valence-corrected chi connectivity index (χ2v) is 6.09. The minimum absolute atomic E-state index is 0.0163. The molecular formula is C17H25N3O3. The van der Waals surface area contributed by atoms with E-state index in [1.165, 1.54) is 0 Å². The number of rotatable bonds is 5. The van der Waals surface area contributed by atoms with Gasteiger partial charge in [0.1, 0.15) is 0 Å². The second-order valence-electron chi connectivity index (χ2n) is 6.09. The molecule has 6 heteroatoms. The van der Waals surface area contributed by atoms with Crippen LogP contribution in [0.25, 0.3) is 0 Å². The summed E-state index contributed by atoms with van der Waals surface area (Å²) in [6.45, 7) is 3.34. The molecule has 2 rings (SSSR count). The van der Waals surface area contributed by atoms with E-state index in [0.717, 1.165) is 6.54 Å². The number of ether oxygens (including phenoxy) is 1. The molecule has 0 radical (unpaired) electrons. The number of benzene rings is 1. The Morgan fingerprint density at radius 3 is 2.74 bits per heavy atom. The van der Waals surface area contributed by atoms with Gasteiger partial charge in [-0.2, -0.15) is 0 Å². The van der Waals surface area contributed by atoms with Crippen LogP contribution in [0.4, 0.5) is 0 Å². The van der Waals surface area contributed by atoms with Crippen molar-refractivity contribution in [2.45, 2.75) is 0 Å². The zero-order valence-electron chi connectivity index (χ0n) is 13.8. The standard InChI is InChI=1S/C17H25N3O3/c1-19(2)11-14-12-20(8-9-23-13-14)16(21)10-18-17(22)15-6-4-3-5-7-15/h3-7,14H,8-13H2,1-2H3,(H,18,22)/t14-/m0/s1. The lowest BCUT2D eigenvalue weighted by Gasteiger charge is -2.25. The number of carbonyl (C=O) groups is 2. The fourth-order valence-electron chi connectivity index (χ4n) is 2.69. The molecule has 1 heterocycles. The SMILES string of the molecule is CN(C)C[C@@H]1COCCN(C(=O)CNC(=O)c2ccccc2)C1. The van der Waals surface area contributed by atoms with E-state index in [4.69, 9.17) is 4.74 Å². The van der Waals surface area contributed by atoms with Gasteiger partial charge >= 0.3 is 0 Å². The van der Waals surface area contributed by atoms with Crippen molar-refractivity contribution in [2.75, 3.05) is 53.5 Å². The zero-order chi connectivity index (χ0) is 16.7. The summed E-state index contributed by atoms with van der Waals surface area (Å²) in [7, 11) is 4.02. The summed E-state index contributed by atoms with van der Waals surface area (Å²) in [6.07, 6.45) is 0. The van der Waals surface area contributed by atoms with Crippen LogP contribution in [0.1, 0.15) is 10.4 Å². The smallest absolute Gasteiger partial charge is 0.251 e. The van der Waals surface area contributed by atoms with Crippen LogP contribution in [0.15, 0.2) is 30.3 Å². The summed E-state index contributed by atoms with van der Waals surface area (Å²) < 4.78 is 5.58. The molecule has 0 bridgehead atoms. The Kier molecular flexibility index (Phi) is 6.55. The first-order valence-electron chi connectivity index (χ1n) is 7.89. The van der Waals surface area contributed by atoms with Crippen LogP contribution in [0.2, 0.25) is 0 Å². The van der Waals surface area contributed by atoms with Gasteiger partial charge in [-0.25, -0.2) is 0 Å². The topological polar surface area (TPSA) is 61.9 Å². The molecule has 6 nitrogen and oxygen atoms in total. The second kappa shape index (κ2) is 8.64. The predicted octanol–water partition coefficient (Wildman–Crippen LogP) is 0.453. The Morgan fingerprint density at radius 2 is 2.04 bits per heavy atom. The molecule has 0 unspecified atom stereocenters. The molecule has 1 saturated heterocycles. The Bertz CT molecular complexity index is 519. The third-order valence-corrected chi connectivity index (χ3v) is 3.75. The molecule has 1 aliphatic heterocycles. The molecule has 2 amide bonds. The third kappa shape index (κ3) is 5.65. The van der Waals surface area contributed by atoms with Crippen LogP contribution >= 0.6 is 0 Å². The fraction of sp³-hybridized carbons (Fsp3) is 0.529. The Balaban J connectivity index is 1.85. The number of hydrogen-bond acceptors (Lipinski definition) is 4. The van der Waals surface area contributed by atoms with Crippen molar-refractivity contribution in [1.29, 1.82) is 0 Å². The monoisotopic (exact) mass is 319 g/mol. The molecule has 0 saturated carbocycles. The van der Waals surface area contributed by atoms with Crippen LogP contribution in [0.3, 0.4) is 0 Å². The van der Waals surface area contributed by atoms with Crippen LogP contribution in [-0.4, -0.2) is 75.1 Å². The van der Waals surface area contributed by atoms with Crippen molar-refractivity contribution >= 4 is 11.8 Å². The van der Waals surface area contributed by atoms with Gasteiger partial charge in [0, 0.05) is 31.1 Å². The third-order valence-electron chi connectivity index (χ3n) is 3.75. The Morgan fingerprint density at radius 1 is 1.30 bits per heavy atom. The van der Waals surface area contributed by atoms with Crippen molar-refractivity contribution in [2.24, 2.45) is 5.92 Å². The number of nitrogens with zero attached hydrogens (tertiary/aromatic N) is 2. The lowest BCUT2D eigenvalue weighted by Crippen LogP contribution is -2.43. The van der Waals surface area contributed by atoms with Gasteiger partial charge in [0.05, 0.1) is 19.8 Å². The van der Waals surface area contributed by atoms with Crippen molar-refractivity contribution in [3.05, 3.63) is 35.9 Å². The Hall–Kier alpha value is -1.92. The maximum absolute atomic E-state index is 12.4. The van der Waals surface area contributed by atoms with E-state index in [1.807, 2.05) is 20.2 Å². The predicted molar refractivity (Wildman–Crippen MR) is 88.2 cm³/mol. The quantitative estimate of drug-likeness (QED) is 0.856. The maximum Gasteiger partial charge on any atom is 0.251 e. The molecular weight excluding hydrogens is 294 g/mol. The van der Waals surface area contributed by atoms with E-state index in [-0.39, 0.29) is 18.4 Å². The van der Waals surface area contributed by atoms with E-state index >= 15 is 0 Å². The molecule has 126 valence electrons. The van der Waals surface area contributed by atoms with Crippen LogP contribution < -0.4 is 5.32 Å². The molecule has 0 spiro atoms. The molecule has 1 fully saturated rings. The summed E-state index contributed by atoms with van der Waals surface area (Å²) in [5, 5.41) is 2.69. The van der Waals surface area contributed by atoms with Gasteiger partial charge in [-0.3, -0.25) is 9.59 Å². The van der Waals surface area contributed by atoms with Gasteiger partial charge in [0.2, 0.25) is 5.91 Å². The maximum atomic E-state index is 12.4. The zero-order valence-corrected chi connectivity index (χ0v) is 13.8. The summed E-state index contributed by atoms with van der Waals surface area (Å²) in [6, 6.07) is 8.91. The molecule has 1 aliphatic rings. The number of nitrogens with one attached hydrogen (secondary N) is 1. The largest absolute Gasteiger partial charge is 0.379 e. The first-order chi connectivity index (χ1) is 11.1. The molecule has 1 N–H and O–H groups in total. The normalized spacial score (nSPS) is 18.6. The minimum atomic E-state index is -0.227. The Labute approximate surface area is 137 Å². The number of carbonyl (C=O) groups excluding carboxylic acids is 2. The molecule has 1 aromatic carbocycles. The van der Waals surface area contributed by atoms with Gasteiger partial charge in [0.15, 0.2) is 0 Å². The first-order valence-corrected chi connectivity index (χ1v) is 7.89. The highest BCUT2D eigenvalue weighted by Crippen LogP contribution is 2.08. The highest BCUT2D eigenvalue weighted by Gasteiger charge is 2.23.